The van der Waals surface area contributed by atoms with E-state index >= 15 is 0 Å². The molecule has 0 radical (unpaired) electrons. The fourth-order valence-corrected chi connectivity index (χ4v) is 2.55. The third kappa shape index (κ3) is 3.25. The fourth-order valence-electron chi connectivity index (χ4n) is 2.55. The summed E-state index contributed by atoms with van der Waals surface area (Å²) >= 11 is 0. The summed E-state index contributed by atoms with van der Waals surface area (Å²) in [6, 6.07) is 15.4. The van der Waals surface area contributed by atoms with E-state index in [9.17, 15) is 0 Å². The average molecular weight is 281 g/mol. The number of nitrogens with one attached hydrogen (secondary N) is 1. The highest BCUT2D eigenvalue weighted by Crippen LogP contribution is 2.17. The number of aromatic nitrogens is 4. The van der Waals surface area contributed by atoms with Gasteiger partial charge in [0.05, 0.1) is 7.05 Å². The van der Waals surface area contributed by atoms with Crippen LogP contribution in [0.15, 0.2) is 42.5 Å². The molecule has 0 aliphatic heterocycles. The van der Waals surface area contributed by atoms with Crippen molar-refractivity contribution in [2.24, 2.45) is 7.05 Å². The Morgan fingerprint density at radius 2 is 1.90 bits per heavy atom. The molecule has 0 spiro atoms. The minimum atomic E-state index is 0.301. The van der Waals surface area contributed by atoms with E-state index in [-0.39, 0.29) is 0 Å². The predicted octanol–water partition coefficient (Wildman–Crippen LogP) is 1.74. The zero-order valence-corrected chi connectivity index (χ0v) is 12.3. The van der Waals surface area contributed by atoms with Gasteiger partial charge in [-0.15, -0.1) is 10.2 Å². The highest BCUT2D eigenvalue weighted by Gasteiger charge is 2.12. The molecule has 1 N–H and O–H groups in total. The monoisotopic (exact) mass is 281 g/mol. The van der Waals surface area contributed by atoms with Crippen molar-refractivity contribution >= 4 is 10.8 Å². The summed E-state index contributed by atoms with van der Waals surface area (Å²) < 4.78 is 0. The Kier molecular flexibility index (Phi) is 3.92. The van der Waals surface area contributed by atoms with Gasteiger partial charge in [-0.1, -0.05) is 42.5 Å². The van der Waals surface area contributed by atoms with Crippen LogP contribution in [-0.4, -0.2) is 33.3 Å². The lowest BCUT2D eigenvalue weighted by molar-refractivity contribution is 0.540. The Labute approximate surface area is 124 Å². The van der Waals surface area contributed by atoms with E-state index < -0.39 is 0 Å². The summed E-state index contributed by atoms with van der Waals surface area (Å²) in [4.78, 5) is 1.50. The van der Waals surface area contributed by atoms with Gasteiger partial charge in [0.2, 0.25) is 0 Å². The van der Waals surface area contributed by atoms with Gasteiger partial charge in [-0.05, 0) is 35.0 Å². The smallest absolute Gasteiger partial charge is 0.176 e. The second-order valence-electron chi connectivity index (χ2n) is 5.27. The number of fused-ring (bicyclic) bond motifs is 1. The average Bonchev–Trinajstić information content (AvgIpc) is 2.91. The Morgan fingerprint density at radius 3 is 2.62 bits per heavy atom. The van der Waals surface area contributed by atoms with Crippen LogP contribution in [-0.2, 0) is 19.9 Å². The SMILES string of the molecule is CNC(Cc1ccc2ccccc2c1)Cc1nnn(C)n1. The largest absolute Gasteiger partial charge is 0.316 e. The molecule has 0 saturated heterocycles. The van der Waals surface area contributed by atoms with Crippen LogP contribution < -0.4 is 5.32 Å². The first kappa shape index (κ1) is 13.7. The van der Waals surface area contributed by atoms with E-state index in [0.717, 1.165) is 18.7 Å². The van der Waals surface area contributed by atoms with Crippen molar-refractivity contribution in [2.45, 2.75) is 18.9 Å². The summed E-state index contributed by atoms with van der Waals surface area (Å²) in [5.74, 6) is 0.776. The standard InChI is InChI=1S/C16H19N5/c1-17-15(11-16-18-20-21(2)19-16)10-12-7-8-13-5-3-4-6-14(13)9-12/h3-9,15,17H,10-11H2,1-2H3. The molecule has 1 atom stereocenters. The third-order valence-electron chi connectivity index (χ3n) is 3.68. The molecule has 3 aromatic rings. The van der Waals surface area contributed by atoms with Crippen molar-refractivity contribution in [1.29, 1.82) is 0 Å². The Bertz CT molecular complexity index is 734. The lowest BCUT2D eigenvalue weighted by Crippen LogP contribution is -2.30. The Morgan fingerprint density at radius 1 is 1.10 bits per heavy atom. The van der Waals surface area contributed by atoms with Crippen LogP contribution in [0.5, 0.6) is 0 Å². The first-order chi connectivity index (χ1) is 10.2. The minimum absolute atomic E-state index is 0.301. The summed E-state index contributed by atoms with van der Waals surface area (Å²) in [5.41, 5.74) is 1.32. The van der Waals surface area contributed by atoms with Crippen LogP contribution in [0.3, 0.4) is 0 Å². The molecule has 0 saturated carbocycles. The van der Waals surface area contributed by atoms with Gasteiger partial charge in [-0.25, -0.2) is 0 Å². The molecule has 2 aromatic carbocycles. The van der Waals surface area contributed by atoms with Crippen molar-refractivity contribution in [2.75, 3.05) is 7.05 Å². The molecule has 5 heteroatoms. The molecule has 3 rings (SSSR count). The van der Waals surface area contributed by atoms with E-state index in [2.05, 4.69) is 63.2 Å². The maximum absolute atomic E-state index is 4.24. The van der Waals surface area contributed by atoms with Gasteiger partial charge < -0.3 is 5.32 Å². The van der Waals surface area contributed by atoms with Gasteiger partial charge in [0, 0.05) is 12.5 Å². The number of likely N-dealkylation sites (N-methyl/N-ethyl adjacent to an activating group) is 1. The second kappa shape index (κ2) is 6.01. The molecule has 1 heterocycles. The molecule has 108 valence electrons. The normalized spacial score (nSPS) is 12.7. The number of benzene rings is 2. The van der Waals surface area contributed by atoms with Crippen LogP contribution in [0.1, 0.15) is 11.4 Å². The topological polar surface area (TPSA) is 55.6 Å². The summed E-state index contributed by atoms with van der Waals surface area (Å²) in [5, 5.41) is 18.1. The van der Waals surface area contributed by atoms with Crippen LogP contribution in [0, 0.1) is 0 Å². The summed E-state index contributed by atoms with van der Waals surface area (Å²) in [6.07, 6.45) is 1.72. The van der Waals surface area contributed by atoms with Gasteiger partial charge in [-0.3, -0.25) is 0 Å². The number of hydrogen-bond acceptors (Lipinski definition) is 4. The van der Waals surface area contributed by atoms with Crippen LogP contribution in [0.2, 0.25) is 0 Å². The molecule has 0 fully saturated rings. The zero-order chi connectivity index (χ0) is 14.7. The van der Waals surface area contributed by atoms with Crippen molar-refractivity contribution in [1.82, 2.24) is 25.5 Å². The second-order valence-corrected chi connectivity index (χ2v) is 5.27. The maximum Gasteiger partial charge on any atom is 0.176 e. The quantitative estimate of drug-likeness (QED) is 0.774. The number of tetrazole rings is 1. The molecule has 21 heavy (non-hydrogen) atoms. The Balaban J connectivity index is 1.75. The maximum atomic E-state index is 4.24. The van der Waals surface area contributed by atoms with E-state index in [4.69, 9.17) is 0 Å². The van der Waals surface area contributed by atoms with Crippen molar-refractivity contribution < 1.29 is 0 Å². The third-order valence-corrected chi connectivity index (χ3v) is 3.68. The van der Waals surface area contributed by atoms with Crippen molar-refractivity contribution in [3.8, 4) is 0 Å². The first-order valence-corrected chi connectivity index (χ1v) is 7.12. The van der Waals surface area contributed by atoms with E-state index in [1.165, 1.54) is 21.1 Å². The van der Waals surface area contributed by atoms with Gasteiger partial charge in [0.15, 0.2) is 5.82 Å². The molecule has 0 bridgehead atoms. The predicted molar refractivity (Wildman–Crippen MR) is 83.0 cm³/mol. The molecule has 0 amide bonds. The summed E-state index contributed by atoms with van der Waals surface area (Å²) in [7, 11) is 3.76. The number of rotatable bonds is 5. The van der Waals surface area contributed by atoms with E-state index in [1.54, 1.807) is 7.05 Å². The van der Waals surface area contributed by atoms with Gasteiger partial charge in [0.1, 0.15) is 0 Å². The van der Waals surface area contributed by atoms with Crippen LogP contribution >= 0.6 is 0 Å². The molecule has 5 nitrogen and oxygen atoms in total. The van der Waals surface area contributed by atoms with Crippen molar-refractivity contribution in [3.63, 3.8) is 0 Å². The van der Waals surface area contributed by atoms with Crippen molar-refractivity contribution in [3.05, 3.63) is 53.9 Å². The number of aryl methyl sites for hydroxylation is 1. The highest BCUT2D eigenvalue weighted by molar-refractivity contribution is 5.82. The summed E-state index contributed by atoms with van der Waals surface area (Å²) in [6.45, 7) is 0. The minimum Gasteiger partial charge on any atom is -0.316 e. The van der Waals surface area contributed by atoms with Gasteiger partial charge in [0.25, 0.3) is 0 Å². The zero-order valence-electron chi connectivity index (χ0n) is 12.3. The highest BCUT2D eigenvalue weighted by atomic mass is 15.6. The molecule has 0 aliphatic carbocycles. The first-order valence-electron chi connectivity index (χ1n) is 7.12. The molecular weight excluding hydrogens is 262 g/mol. The number of nitrogens with zero attached hydrogens (tertiary/aromatic N) is 4. The number of hydrogen-bond donors (Lipinski definition) is 1. The fraction of sp³-hybridized carbons (Fsp3) is 0.312. The molecule has 0 aliphatic rings. The van der Waals surface area contributed by atoms with Gasteiger partial charge in [-0.2, -0.15) is 4.80 Å². The Hall–Kier alpha value is -2.27. The van der Waals surface area contributed by atoms with E-state index in [0.29, 0.717) is 6.04 Å². The molecule has 1 unspecified atom stereocenters. The van der Waals surface area contributed by atoms with E-state index in [1.807, 2.05) is 7.05 Å². The molecule has 1 aromatic heterocycles. The lowest BCUT2D eigenvalue weighted by Gasteiger charge is -2.14. The lowest BCUT2D eigenvalue weighted by atomic mass is 10.00. The van der Waals surface area contributed by atoms with Crippen LogP contribution in [0.4, 0.5) is 0 Å². The molecular formula is C16H19N5. The van der Waals surface area contributed by atoms with Gasteiger partial charge >= 0.3 is 0 Å². The van der Waals surface area contributed by atoms with Crippen LogP contribution in [0.25, 0.3) is 10.8 Å².